The summed E-state index contributed by atoms with van der Waals surface area (Å²) in [7, 11) is 0. The summed E-state index contributed by atoms with van der Waals surface area (Å²) >= 11 is 2.40. The average molecular weight is 280 g/mol. The predicted octanol–water partition coefficient (Wildman–Crippen LogP) is 3.52. The molecule has 0 heterocycles. The van der Waals surface area contributed by atoms with Crippen molar-refractivity contribution in [1.82, 2.24) is 0 Å². The lowest BCUT2D eigenvalue weighted by Crippen LogP contribution is -1.91. The van der Waals surface area contributed by atoms with Gasteiger partial charge in [0.15, 0.2) is 5.78 Å². The average Bonchev–Trinajstić information content (AvgIpc) is 2.10. The van der Waals surface area contributed by atoms with E-state index in [1.807, 2.05) is 0 Å². The van der Waals surface area contributed by atoms with Crippen LogP contribution in [0.5, 0.6) is 0 Å². The normalized spacial score (nSPS) is 9.75. The molecule has 2 heteroatoms. The molecule has 0 aliphatic rings. The molecule has 0 aromatic carbocycles. The van der Waals surface area contributed by atoms with Crippen molar-refractivity contribution in [2.24, 2.45) is 0 Å². The third kappa shape index (κ3) is 8.24. The van der Waals surface area contributed by atoms with Gasteiger partial charge in [-0.3, -0.25) is 4.79 Å². The molecule has 0 spiro atoms. The molecule has 0 saturated carbocycles. The minimum atomic E-state index is 0.184. The number of allylic oxidation sites excluding steroid dienone is 1. The van der Waals surface area contributed by atoms with Gasteiger partial charge in [-0.15, -0.1) is 0 Å². The number of halogens is 1. The number of hydrogen-bond acceptors (Lipinski definition) is 1. The van der Waals surface area contributed by atoms with Crippen molar-refractivity contribution in [3.8, 4) is 0 Å². The molecule has 0 aliphatic carbocycles. The maximum Gasteiger partial charge on any atom is 0.155 e. The molecule has 70 valence electrons. The highest BCUT2D eigenvalue weighted by Crippen LogP contribution is 2.06. The molecule has 0 amide bonds. The maximum absolute atomic E-state index is 10.8. The van der Waals surface area contributed by atoms with Gasteiger partial charge in [0.1, 0.15) is 0 Å². The van der Waals surface area contributed by atoms with Gasteiger partial charge in [-0.25, -0.2) is 0 Å². The Bertz CT molecular complexity index is 132. The van der Waals surface area contributed by atoms with Gasteiger partial charge >= 0.3 is 0 Å². The van der Waals surface area contributed by atoms with Gasteiger partial charge in [0.05, 0.1) is 0 Å². The zero-order chi connectivity index (χ0) is 9.23. The number of carbonyl (C=O) groups excluding carboxylic acids is 1. The first-order valence-corrected chi connectivity index (χ1v) is 6.05. The molecule has 0 rings (SSSR count). The fraction of sp³-hybridized carbons (Fsp3) is 0.700. The predicted molar refractivity (Wildman–Crippen MR) is 61.8 cm³/mol. The molecule has 0 atom stereocenters. The second-order valence-electron chi connectivity index (χ2n) is 2.88. The Hall–Kier alpha value is 0.140. The van der Waals surface area contributed by atoms with Crippen molar-refractivity contribution in [2.45, 2.75) is 38.5 Å². The quantitative estimate of drug-likeness (QED) is 0.288. The van der Waals surface area contributed by atoms with Crippen LogP contribution in [0.2, 0.25) is 0 Å². The maximum atomic E-state index is 10.8. The molecule has 0 fully saturated rings. The molecule has 12 heavy (non-hydrogen) atoms. The Balaban J connectivity index is 3.00. The summed E-state index contributed by atoms with van der Waals surface area (Å²) in [5, 5.41) is 0. The Morgan fingerprint density at radius 2 is 1.75 bits per heavy atom. The number of alkyl halides is 1. The Kier molecular flexibility index (Phi) is 9.34. The third-order valence-electron chi connectivity index (χ3n) is 1.78. The van der Waals surface area contributed by atoms with E-state index >= 15 is 0 Å². The Morgan fingerprint density at radius 1 is 1.17 bits per heavy atom. The van der Waals surface area contributed by atoms with Gasteiger partial charge < -0.3 is 0 Å². The van der Waals surface area contributed by atoms with Gasteiger partial charge in [-0.2, -0.15) is 0 Å². The first-order chi connectivity index (χ1) is 5.81. The van der Waals surface area contributed by atoms with Crippen molar-refractivity contribution in [1.29, 1.82) is 0 Å². The van der Waals surface area contributed by atoms with E-state index in [2.05, 4.69) is 29.2 Å². The second-order valence-corrected chi connectivity index (χ2v) is 3.96. The molecule has 0 bridgehead atoms. The van der Waals surface area contributed by atoms with Crippen molar-refractivity contribution < 1.29 is 4.79 Å². The molecule has 0 radical (unpaired) electrons. The molecule has 0 unspecified atom stereocenters. The van der Waals surface area contributed by atoms with Crippen LogP contribution in [-0.4, -0.2) is 10.2 Å². The van der Waals surface area contributed by atoms with Crippen molar-refractivity contribution >= 4 is 28.4 Å². The van der Waals surface area contributed by atoms with Gasteiger partial charge in [-0.05, 0) is 23.3 Å². The number of rotatable bonds is 8. The fourth-order valence-electron chi connectivity index (χ4n) is 1.03. The first kappa shape index (κ1) is 12.1. The zero-order valence-electron chi connectivity index (χ0n) is 7.52. The standard InChI is InChI=1S/C10H17IO/c1-2-10(12)8-6-4-3-5-7-9-11/h2H,1,3-9H2. The topological polar surface area (TPSA) is 17.1 Å². The first-order valence-electron chi connectivity index (χ1n) is 4.52. The van der Waals surface area contributed by atoms with Crippen LogP contribution in [0.15, 0.2) is 12.7 Å². The van der Waals surface area contributed by atoms with Crippen LogP contribution in [0, 0.1) is 0 Å². The number of hydrogen-bond donors (Lipinski definition) is 0. The van der Waals surface area contributed by atoms with E-state index in [4.69, 9.17) is 0 Å². The molecule has 1 nitrogen and oxygen atoms in total. The minimum absolute atomic E-state index is 0.184. The Morgan fingerprint density at radius 3 is 2.33 bits per heavy atom. The number of unbranched alkanes of at least 4 members (excludes halogenated alkanes) is 4. The van der Waals surface area contributed by atoms with Gasteiger partial charge in [0.25, 0.3) is 0 Å². The third-order valence-corrected chi connectivity index (χ3v) is 2.55. The van der Waals surface area contributed by atoms with Crippen molar-refractivity contribution in [3.63, 3.8) is 0 Å². The molecular weight excluding hydrogens is 263 g/mol. The SMILES string of the molecule is C=CC(=O)CCCCCCCI. The summed E-state index contributed by atoms with van der Waals surface area (Å²) in [4.78, 5) is 10.8. The fourth-order valence-corrected chi connectivity index (χ4v) is 1.57. The highest BCUT2D eigenvalue weighted by Gasteiger charge is 1.94. The van der Waals surface area contributed by atoms with Crippen molar-refractivity contribution in [3.05, 3.63) is 12.7 Å². The van der Waals surface area contributed by atoms with Crippen LogP contribution in [0.1, 0.15) is 38.5 Å². The largest absolute Gasteiger partial charge is 0.295 e. The van der Waals surface area contributed by atoms with E-state index < -0.39 is 0 Å². The van der Waals surface area contributed by atoms with Gasteiger partial charge in [0.2, 0.25) is 0 Å². The molecule has 0 aliphatic heterocycles. The van der Waals surface area contributed by atoms with Crippen LogP contribution < -0.4 is 0 Å². The van der Waals surface area contributed by atoms with E-state index in [9.17, 15) is 4.79 Å². The Labute approximate surface area is 88.8 Å². The van der Waals surface area contributed by atoms with E-state index in [1.165, 1.54) is 36.2 Å². The molecule has 0 aromatic rings. The lowest BCUT2D eigenvalue weighted by atomic mass is 10.1. The van der Waals surface area contributed by atoms with Gasteiger partial charge in [0, 0.05) is 6.42 Å². The summed E-state index contributed by atoms with van der Waals surface area (Å²) < 4.78 is 1.25. The molecule has 0 N–H and O–H groups in total. The van der Waals surface area contributed by atoms with Crippen LogP contribution >= 0.6 is 22.6 Å². The van der Waals surface area contributed by atoms with Crippen LogP contribution in [-0.2, 0) is 4.79 Å². The molecular formula is C10H17IO. The van der Waals surface area contributed by atoms with E-state index in [0.29, 0.717) is 6.42 Å². The zero-order valence-corrected chi connectivity index (χ0v) is 9.68. The van der Waals surface area contributed by atoms with Gasteiger partial charge in [-0.1, -0.05) is 48.4 Å². The molecule has 0 aromatic heterocycles. The summed E-state index contributed by atoms with van der Waals surface area (Å²) in [6.07, 6.45) is 8.23. The molecule has 0 saturated heterocycles. The van der Waals surface area contributed by atoms with E-state index in [-0.39, 0.29) is 5.78 Å². The number of carbonyl (C=O) groups is 1. The van der Waals surface area contributed by atoms with Crippen molar-refractivity contribution in [2.75, 3.05) is 4.43 Å². The van der Waals surface area contributed by atoms with Crippen LogP contribution in [0.4, 0.5) is 0 Å². The summed E-state index contributed by atoms with van der Waals surface area (Å²) in [6, 6.07) is 0. The lowest BCUT2D eigenvalue weighted by Gasteiger charge is -1.97. The highest BCUT2D eigenvalue weighted by atomic mass is 127. The van der Waals surface area contributed by atoms with Crippen LogP contribution in [0.25, 0.3) is 0 Å². The smallest absolute Gasteiger partial charge is 0.155 e. The summed E-state index contributed by atoms with van der Waals surface area (Å²) in [5.41, 5.74) is 0. The number of ketones is 1. The lowest BCUT2D eigenvalue weighted by molar-refractivity contribution is -0.114. The van der Waals surface area contributed by atoms with Crippen LogP contribution in [0.3, 0.4) is 0 Å². The monoisotopic (exact) mass is 280 g/mol. The summed E-state index contributed by atoms with van der Waals surface area (Å²) in [5.74, 6) is 0.184. The van der Waals surface area contributed by atoms with E-state index in [1.54, 1.807) is 0 Å². The minimum Gasteiger partial charge on any atom is -0.295 e. The van der Waals surface area contributed by atoms with E-state index in [0.717, 1.165) is 6.42 Å². The highest BCUT2D eigenvalue weighted by molar-refractivity contribution is 14.1. The second kappa shape index (κ2) is 9.23. The summed E-state index contributed by atoms with van der Waals surface area (Å²) in [6.45, 7) is 3.44.